The molecule has 1 aromatic heterocycles. The Morgan fingerprint density at radius 2 is 1.81 bits per heavy atom. The quantitative estimate of drug-likeness (QED) is 0.825. The van der Waals surface area contributed by atoms with Crippen LogP contribution >= 0.6 is 0 Å². The van der Waals surface area contributed by atoms with Crippen molar-refractivity contribution in [2.75, 3.05) is 29.9 Å². The number of likely N-dealkylation sites (tertiary alicyclic amines) is 1. The minimum Gasteiger partial charge on any atom is -0.342 e. The number of anilines is 1. The molecule has 1 atom stereocenters. The lowest BCUT2D eigenvalue weighted by molar-refractivity contribution is -0.135. The molecule has 0 unspecified atom stereocenters. The third kappa shape index (κ3) is 4.02. The van der Waals surface area contributed by atoms with Crippen molar-refractivity contribution in [2.45, 2.75) is 45.1 Å². The fourth-order valence-corrected chi connectivity index (χ4v) is 5.73. The van der Waals surface area contributed by atoms with Gasteiger partial charge in [0.05, 0.1) is 23.2 Å². The number of carbonyl (C=O) groups is 2. The highest BCUT2D eigenvalue weighted by molar-refractivity contribution is 7.91. The summed E-state index contributed by atoms with van der Waals surface area (Å²) in [4.78, 5) is 26.7. The van der Waals surface area contributed by atoms with Crippen molar-refractivity contribution in [3.8, 4) is 0 Å². The van der Waals surface area contributed by atoms with E-state index in [0.717, 1.165) is 18.5 Å². The first-order valence-electron chi connectivity index (χ1n) is 9.68. The van der Waals surface area contributed by atoms with Gasteiger partial charge in [0.15, 0.2) is 9.84 Å². The molecule has 0 bridgehead atoms. The molecule has 1 aliphatic carbocycles. The van der Waals surface area contributed by atoms with E-state index >= 15 is 0 Å². The number of nitrogens with one attached hydrogen (secondary N) is 1. The summed E-state index contributed by atoms with van der Waals surface area (Å²) in [5, 5.41) is 7.35. The number of carbonyl (C=O) groups excluding carboxylic acids is 2. The third-order valence-corrected chi connectivity index (χ3v) is 7.52. The minimum absolute atomic E-state index is 0.0681. The third-order valence-electron chi connectivity index (χ3n) is 5.77. The zero-order chi connectivity index (χ0) is 19.2. The Labute approximate surface area is 159 Å². The lowest BCUT2D eigenvalue weighted by Crippen LogP contribution is -2.42. The van der Waals surface area contributed by atoms with E-state index in [9.17, 15) is 18.0 Å². The molecule has 3 fully saturated rings. The molecule has 0 aromatic carbocycles. The Bertz CT molecular complexity index is 851. The molecule has 148 valence electrons. The first kappa shape index (κ1) is 18.5. The molecule has 0 radical (unpaired) electrons. The summed E-state index contributed by atoms with van der Waals surface area (Å²) in [7, 11) is -3.03. The van der Waals surface area contributed by atoms with Crippen molar-refractivity contribution < 1.29 is 18.0 Å². The van der Waals surface area contributed by atoms with Crippen LogP contribution in [0.1, 0.15) is 43.8 Å². The molecule has 1 saturated carbocycles. The lowest BCUT2D eigenvalue weighted by Gasteiger charge is -2.31. The molecule has 2 aliphatic heterocycles. The predicted octanol–water partition coefficient (Wildman–Crippen LogP) is 1.14. The van der Waals surface area contributed by atoms with Gasteiger partial charge >= 0.3 is 0 Å². The number of amides is 2. The molecule has 27 heavy (non-hydrogen) atoms. The van der Waals surface area contributed by atoms with Crippen molar-refractivity contribution >= 4 is 27.5 Å². The highest BCUT2D eigenvalue weighted by Gasteiger charge is 2.36. The molecule has 4 rings (SSSR count). The first-order valence-corrected chi connectivity index (χ1v) is 11.5. The maximum Gasteiger partial charge on any atom is 0.228 e. The van der Waals surface area contributed by atoms with Crippen LogP contribution in [0.2, 0.25) is 0 Å². The van der Waals surface area contributed by atoms with Gasteiger partial charge in [0.1, 0.15) is 5.82 Å². The molecule has 0 spiro atoms. The van der Waals surface area contributed by atoms with E-state index < -0.39 is 9.84 Å². The monoisotopic (exact) mass is 394 g/mol. The summed E-state index contributed by atoms with van der Waals surface area (Å²) >= 11 is 0. The highest BCUT2D eigenvalue weighted by Crippen LogP contribution is 2.33. The van der Waals surface area contributed by atoms with Crippen LogP contribution in [0.25, 0.3) is 0 Å². The number of nitrogens with zero attached hydrogens (tertiary/aromatic N) is 3. The van der Waals surface area contributed by atoms with Crippen LogP contribution in [-0.4, -0.2) is 59.5 Å². The van der Waals surface area contributed by atoms with Gasteiger partial charge in [0.25, 0.3) is 0 Å². The fraction of sp³-hybridized carbons (Fsp3) is 0.722. The molecule has 8 nitrogen and oxygen atoms in total. The summed E-state index contributed by atoms with van der Waals surface area (Å²) in [6.45, 7) is 3.09. The van der Waals surface area contributed by atoms with E-state index in [1.54, 1.807) is 10.7 Å². The summed E-state index contributed by atoms with van der Waals surface area (Å²) in [5.41, 5.74) is 0.749. The van der Waals surface area contributed by atoms with E-state index in [1.807, 2.05) is 11.8 Å². The Morgan fingerprint density at radius 3 is 2.41 bits per heavy atom. The number of sulfone groups is 1. The normalized spacial score (nSPS) is 25.5. The van der Waals surface area contributed by atoms with Crippen molar-refractivity contribution in [3.05, 3.63) is 11.8 Å². The lowest BCUT2D eigenvalue weighted by atomic mass is 9.95. The number of hydrogen-bond donors (Lipinski definition) is 1. The number of rotatable bonds is 4. The maximum atomic E-state index is 12.7. The van der Waals surface area contributed by atoms with Crippen molar-refractivity contribution in [3.63, 3.8) is 0 Å². The predicted molar refractivity (Wildman–Crippen MR) is 99.9 cm³/mol. The van der Waals surface area contributed by atoms with Gasteiger partial charge in [-0.25, -0.2) is 13.1 Å². The van der Waals surface area contributed by atoms with Crippen LogP contribution in [0.4, 0.5) is 5.82 Å². The molecule has 2 saturated heterocycles. The van der Waals surface area contributed by atoms with E-state index in [1.165, 1.54) is 0 Å². The zero-order valence-electron chi connectivity index (χ0n) is 15.6. The zero-order valence-corrected chi connectivity index (χ0v) is 16.4. The van der Waals surface area contributed by atoms with E-state index in [4.69, 9.17) is 0 Å². The Kier molecular flexibility index (Phi) is 4.73. The smallest absolute Gasteiger partial charge is 0.228 e. The van der Waals surface area contributed by atoms with Gasteiger partial charge in [-0.1, -0.05) is 0 Å². The van der Waals surface area contributed by atoms with Crippen LogP contribution < -0.4 is 5.32 Å². The Balaban J connectivity index is 1.38. The standard InChI is InChI=1S/C18H26N4O4S/c1-12-10-16(22(20-12)15-6-9-27(25,26)11-15)19-17(23)13-4-7-21(8-5-13)18(24)14-2-3-14/h10,13-15H,2-9,11H2,1H3,(H,19,23)/t15-/m0/s1. The molecule has 2 amide bonds. The van der Waals surface area contributed by atoms with Crippen molar-refractivity contribution in [1.82, 2.24) is 14.7 Å². The average Bonchev–Trinajstić information content (AvgIpc) is 3.33. The number of aromatic nitrogens is 2. The van der Waals surface area contributed by atoms with Gasteiger partial charge in [0, 0.05) is 31.0 Å². The van der Waals surface area contributed by atoms with Crippen molar-refractivity contribution in [2.24, 2.45) is 11.8 Å². The van der Waals surface area contributed by atoms with Gasteiger partial charge in [-0.3, -0.25) is 9.59 Å². The highest BCUT2D eigenvalue weighted by atomic mass is 32.2. The molecule has 1 N–H and O–H groups in total. The Hall–Kier alpha value is -1.90. The van der Waals surface area contributed by atoms with E-state index in [2.05, 4.69) is 10.4 Å². The molecule has 9 heteroatoms. The average molecular weight is 394 g/mol. The molecule has 3 heterocycles. The molecule has 3 aliphatic rings. The van der Waals surface area contributed by atoms with Crippen LogP contribution in [0.5, 0.6) is 0 Å². The second kappa shape index (κ2) is 6.92. The number of hydrogen-bond acceptors (Lipinski definition) is 5. The molecule has 1 aromatic rings. The Morgan fingerprint density at radius 1 is 1.11 bits per heavy atom. The van der Waals surface area contributed by atoms with Gasteiger partial charge in [-0.05, 0) is 39.0 Å². The topological polar surface area (TPSA) is 101 Å². The molecular formula is C18H26N4O4S. The first-order chi connectivity index (χ1) is 12.8. The van der Waals surface area contributed by atoms with Crippen LogP contribution in [0, 0.1) is 18.8 Å². The second-order valence-corrected chi connectivity index (χ2v) is 10.3. The van der Waals surface area contributed by atoms with Gasteiger partial charge < -0.3 is 10.2 Å². The fourth-order valence-electron chi connectivity index (χ4n) is 4.04. The van der Waals surface area contributed by atoms with Crippen LogP contribution in [0.3, 0.4) is 0 Å². The van der Waals surface area contributed by atoms with Gasteiger partial charge in [-0.15, -0.1) is 0 Å². The van der Waals surface area contributed by atoms with E-state index in [0.29, 0.717) is 38.2 Å². The minimum atomic E-state index is -3.03. The summed E-state index contributed by atoms with van der Waals surface area (Å²) < 4.78 is 25.2. The molecular weight excluding hydrogens is 368 g/mol. The van der Waals surface area contributed by atoms with Crippen LogP contribution in [-0.2, 0) is 19.4 Å². The number of piperidine rings is 1. The summed E-state index contributed by atoms with van der Waals surface area (Å²) in [5.74, 6) is 1.05. The maximum absolute atomic E-state index is 12.7. The van der Waals surface area contributed by atoms with Crippen LogP contribution in [0.15, 0.2) is 6.07 Å². The largest absolute Gasteiger partial charge is 0.342 e. The van der Waals surface area contributed by atoms with Gasteiger partial charge in [0.2, 0.25) is 11.8 Å². The van der Waals surface area contributed by atoms with Gasteiger partial charge in [-0.2, -0.15) is 5.10 Å². The van der Waals surface area contributed by atoms with Crippen molar-refractivity contribution in [1.29, 1.82) is 0 Å². The second-order valence-electron chi connectivity index (χ2n) is 8.04. The van der Waals surface area contributed by atoms with E-state index in [-0.39, 0.29) is 41.2 Å². The number of aryl methyl sites for hydroxylation is 1. The summed E-state index contributed by atoms with van der Waals surface area (Å²) in [6, 6.07) is 1.56. The summed E-state index contributed by atoms with van der Waals surface area (Å²) in [6.07, 6.45) is 3.84. The SMILES string of the molecule is Cc1cc(NC(=O)C2CCN(C(=O)C3CC3)CC2)n([C@H]2CCS(=O)(=O)C2)n1.